The Kier molecular flexibility index (Phi) is 3.58. The van der Waals surface area contributed by atoms with Crippen LogP contribution in [0.2, 0.25) is 0 Å². The van der Waals surface area contributed by atoms with Crippen molar-refractivity contribution in [2.75, 3.05) is 0 Å². The number of aryl methyl sites for hydroxylation is 2. The third-order valence-electron chi connectivity index (χ3n) is 3.08. The first-order chi connectivity index (χ1) is 8.26. The van der Waals surface area contributed by atoms with Crippen LogP contribution in [0.5, 0.6) is 0 Å². The van der Waals surface area contributed by atoms with Gasteiger partial charge in [0.15, 0.2) is 0 Å². The molecule has 0 aliphatic carbocycles. The molecular weight excluding hydrogens is 211 g/mol. The van der Waals surface area contributed by atoms with Crippen molar-refractivity contribution in [1.29, 1.82) is 0 Å². The third-order valence-corrected chi connectivity index (χ3v) is 3.08. The van der Waals surface area contributed by atoms with E-state index in [0.717, 1.165) is 18.4 Å². The highest BCUT2D eigenvalue weighted by Crippen LogP contribution is 2.25. The van der Waals surface area contributed by atoms with Crippen LogP contribution in [0.3, 0.4) is 0 Å². The monoisotopic (exact) mass is 227 g/mol. The van der Waals surface area contributed by atoms with Gasteiger partial charge >= 0.3 is 0 Å². The molecule has 2 aromatic rings. The number of benzene rings is 2. The smallest absolute Gasteiger partial charge is 0.138 e. The van der Waals surface area contributed by atoms with E-state index in [1.807, 2.05) is 12.1 Å². The summed E-state index contributed by atoms with van der Waals surface area (Å²) in [5.41, 5.74) is 4.21. The largest absolute Gasteiger partial charge is 0.206 e. The Morgan fingerprint density at radius 1 is 1.06 bits per heavy atom. The summed E-state index contributed by atoms with van der Waals surface area (Å²) in [5, 5.41) is 0. The predicted molar refractivity (Wildman–Crippen MR) is 69.4 cm³/mol. The molecule has 0 nitrogen and oxygen atoms in total. The minimum absolute atomic E-state index is 0.279. The first kappa shape index (κ1) is 11.8. The first-order valence-electron chi connectivity index (χ1n) is 6.04. The maximum Gasteiger partial charge on any atom is 0.138 e. The van der Waals surface area contributed by atoms with Gasteiger partial charge in [0.25, 0.3) is 0 Å². The second kappa shape index (κ2) is 5.13. The van der Waals surface area contributed by atoms with E-state index in [1.165, 1.54) is 11.1 Å². The van der Waals surface area contributed by atoms with Gasteiger partial charge in [-0.2, -0.15) is 0 Å². The summed E-state index contributed by atoms with van der Waals surface area (Å²) in [5.74, 6) is -0.279. The Morgan fingerprint density at radius 3 is 2.47 bits per heavy atom. The molecule has 0 saturated heterocycles. The van der Waals surface area contributed by atoms with Crippen molar-refractivity contribution >= 4 is 0 Å². The van der Waals surface area contributed by atoms with Crippen LogP contribution in [-0.4, -0.2) is 0 Å². The maximum absolute atomic E-state index is 13.6. The Labute approximate surface area is 102 Å². The molecule has 0 fully saturated rings. The van der Waals surface area contributed by atoms with Crippen LogP contribution in [0, 0.1) is 11.9 Å². The molecule has 0 saturated carbocycles. The molecule has 0 aliphatic heterocycles. The Morgan fingerprint density at radius 2 is 1.82 bits per heavy atom. The fraction of sp³-hybridized carbons (Fsp3) is 0.250. The van der Waals surface area contributed by atoms with Crippen LogP contribution in [-0.2, 0) is 12.8 Å². The highest BCUT2D eigenvalue weighted by molar-refractivity contribution is 5.65. The number of hydrogen-bond acceptors (Lipinski definition) is 0. The molecule has 0 aromatic heterocycles. The average molecular weight is 227 g/mol. The average Bonchev–Trinajstić information content (AvgIpc) is 2.38. The van der Waals surface area contributed by atoms with Crippen LogP contribution in [0.1, 0.15) is 25.0 Å². The molecule has 0 aliphatic rings. The van der Waals surface area contributed by atoms with Gasteiger partial charge in [0.1, 0.15) is 5.82 Å². The van der Waals surface area contributed by atoms with Crippen LogP contribution in [0.4, 0.5) is 4.39 Å². The van der Waals surface area contributed by atoms with Crippen LogP contribution < -0.4 is 0 Å². The van der Waals surface area contributed by atoms with Crippen molar-refractivity contribution < 1.29 is 4.39 Å². The van der Waals surface area contributed by atoms with Gasteiger partial charge in [0.2, 0.25) is 0 Å². The van der Waals surface area contributed by atoms with Gasteiger partial charge in [-0.25, -0.2) is 4.39 Å². The summed E-state index contributed by atoms with van der Waals surface area (Å²) < 4.78 is 13.6. The molecule has 2 rings (SSSR count). The molecule has 2 aromatic carbocycles. The van der Waals surface area contributed by atoms with E-state index in [9.17, 15) is 4.39 Å². The van der Waals surface area contributed by atoms with E-state index in [2.05, 4.69) is 32.0 Å². The van der Waals surface area contributed by atoms with E-state index in [-0.39, 0.29) is 5.82 Å². The van der Waals surface area contributed by atoms with Crippen molar-refractivity contribution in [3.05, 3.63) is 59.4 Å². The summed E-state index contributed by atoms with van der Waals surface area (Å²) in [7, 11) is 0. The van der Waals surface area contributed by atoms with Crippen LogP contribution >= 0.6 is 0 Å². The Hall–Kier alpha value is -1.63. The normalized spacial score (nSPS) is 10.5. The second-order valence-corrected chi connectivity index (χ2v) is 4.09. The Bertz CT molecular complexity index is 515. The summed E-state index contributed by atoms with van der Waals surface area (Å²) in [6.45, 7) is 4.27. The highest BCUT2D eigenvalue weighted by Gasteiger charge is 2.06. The van der Waals surface area contributed by atoms with E-state index in [0.29, 0.717) is 5.56 Å². The molecule has 0 atom stereocenters. The van der Waals surface area contributed by atoms with Gasteiger partial charge < -0.3 is 0 Å². The summed E-state index contributed by atoms with van der Waals surface area (Å²) in [4.78, 5) is 0. The topological polar surface area (TPSA) is 0 Å². The fourth-order valence-electron chi connectivity index (χ4n) is 2.11. The molecule has 1 radical (unpaired) electrons. The Balaban J connectivity index is 2.50. The quantitative estimate of drug-likeness (QED) is 0.728. The zero-order valence-electron chi connectivity index (χ0n) is 10.3. The molecular formula is C16H16F. The molecule has 0 amide bonds. The maximum atomic E-state index is 13.6. The first-order valence-corrected chi connectivity index (χ1v) is 6.04. The van der Waals surface area contributed by atoms with Gasteiger partial charge in [0, 0.05) is 11.6 Å². The molecule has 0 spiro atoms. The zero-order chi connectivity index (χ0) is 12.3. The molecule has 0 unspecified atom stereocenters. The second-order valence-electron chi connectivity index (χ2n) is 4.09. The van der Waals surface area contributed by atoms with Gasteiger partial charge in [-0.1, -0.05) is 50.2 Å². The molecule has 87 valence electrons. The van der Waals surface area contributed by atoms with Crippen molar-refractivity contribution in [2.45, 2.75) is 26.7 Å². The number of hydrogen-bond donors (Lipinski definition) is 0. The molecule has 17 heavy (non-hydrogen) atoms. The minimum atomic E-state index is -0.279. The van der Waals surface area contributed by atoms with E-state index in [1.54, 1.807) is 12.1 Å². The molecule has 0 N–H and O–H groups in total. The van der Waals surface area contributed by atoms with Gasteiger partial charge in [-0.05, 0) is 29.5 Å². The summed E-state index contributed by atoms with van der Waals surface area (Å²) in [6.07, 6.45) is 2.00. The van der Waals surface area contributed by atoms with Crippen LogP contribution in [0.15, 0.2) is 36.4 Å². The van der Waals surface area contributed by atoms with E-state index < -0.39 is 0 Å². The fourth-order valence-corrected chi connectivity index (χ4v) is 2.11. The van der Waals surface area contributed by atoms with Crippen molar-refractivity contribution in [2.24, 2.45) is 0 Å². The lowest BCUT2D eigenvalue weighted by Crippen LogP contribution is -1.92. The predicted octanol–water partition coefficient (Wildman–Crippen LogP) is 4.42. The van der Waals surface area contributed by atoms with Gasteiger partial charge in [-0.15, -0.1) is 0 Å². The van der Waals surface area contributed by atoms with E-state index >= 15 is 0 Å². The lowest BCUT2D eigenvalue weighted by atomic mass is 9.96. The summed E-state index contributed by atoms with van der Waals surface area (Å²) >= 11 is 0. The summed E-state index contributed by atoms with van der Waals surface area (Å²) in [6, 6.07) is 14.0. The van der Waals surface area contributed by atoms with Crippen LogP contribution in [0.25, 0.3) is 11.1 Å². The van der Waals surface area contributed by atoms with Crippen molar-refractivity contribution in [3.63, 3.8) is 0 Å². The SMILES string of the molecule is CCc1ccc(-c2ccc[c]c2F)cc1CC. The van der Waals surface area contributed by atoms with Gasteiger partial charge in [0.05, 0.1) is 0 Å². The standard InChI is InChI=1S/C16H16F/c1-3-12-9-10-14(11-13(12)4-2)15-7-5-6-8-16(15)17/h5-7,9-11H,3-4H2,1-2H3. The van der Waals surface area contributed by atoms with Crippen molar-refractivity contribution in [3.8, 4) is 11.1 Å². The zero-order valence-corrected chi connectivity index (χ0v) is 10.3. The van der Waals surface area contributed by atoms with Gasteiger partial charge in [-0.3, -0.25) is 0 Å². The van der Waals surface area contributed by atoms with Crippen molar-refractivity contribution in [1.82, 2.24) is 0 Å². The molecule has 1 heteroatoms. The highest BCUT2D eigenvalue weighted by atomic mass is 19.1. The lowest BCUT2D eigenvalue weighted by molar-refractivity contribution is 0.629. The molecule has 0 bridgehead atoms. The number of halogens is 1. The minimum Gasteiger partial charge on any atom is -0.206 e. The third kappa shape index (κ3) is 2.38. The lowest BCUT2D eigenvalue weighted by Gasteiger charge is -2.09. The molecule has 0 heterocycles. The number of rotatable bonds is 3. The van der Waals surface area contributed by atoms with E-state index in [4.69, 9.17) is 0 Å².